The number of hydrogen-bond acceptors (Lipinski definition) is 2. The first kappa shape index (κ1) is 12.6. The molecule has 0 aliphatic rings. The summed E-state index contributed by atoms with van der Waals surface area (Å²) in [5.41, 5.74) is 0.634. The van der Waals surface area contributed by atoms with E-state index in [1.165, 1.54) is 6.07 Å². The van der Waals surface area contributed by atoms with E-state index < -0.39 is 0 Å². The molecule has 0 saturated carbocycles. The van der Waals surface area contributed by atoms with Crippen molar-refractivity contribution in [2.75, 3.05) is 6.54 Å². The highest BCUT2D eigenvalue weighted by Gasteiger charge is 2.02. The second-order valence-corrected chi connectivity index (χ2v) is 4.47. The number of rotatable bonds is 5. The molecule has 0 bridgehead atoms. The number of benzene rings is 1. The molecule has 0 aliphatic carbocycles. The minimum absolute atomic E-state index is 0.206. The van der Waals surface area contributed by atoms with Gasteiger partial charge in [-0.25, -0.2) is 4.39 Å². The van der Waals surface area contributed by atoms with Gasteiger partial charge in [-0.05, 0) is 38.1 Å². The van der Waals surface area contributed by atoms with Crippen molar-refractivity contribution >= 4 is 15.9 Å². The van der Waals surface area contributed by atoms with Gasteiger partial charge in [-0.2, -0.15) is 0 Å². The van der Waals surface area contributed by atoms with Crippen LogP contribution in [-0.2, 0) is 6.54 Å². The lowest BCUT2D eigenvalue weighted by atomic mass is 10.2. The van der Waals surface area contributed by atoms with E-state index in [9.17, 15) is 4.39 Å². The van der Waals surface area contributed by atoms with Crippen molar-refractivity contribution in [1.29, 1.82) is 0 Å². The largest absolute Gasteiger partial charge is 0.393 e. The third-order valence-corrected chi connectivity index (χ3v) is 2.56. The van der Waals surface area contributed by atoms with Gasteiger partial charge < -0.3 is 10.4 Å². The monoisotopic (exact) mass is 275 g/mol. The molecular formula is C11H15BrFNO. The Balaban J connectivity index is 2.40. The summed E-state index contributed by atoms with van der Waals surface area (Å²) in [6.07, 6.45) is 0.361. The van der Waals surface area contributed by atoms with Crippen molar-refractivity contribution in [1.82, 2.24) is 5.32 Å². The number of halogens is 2. The van der Waals surface area contributed by atoms with Gasteiger partial charge in [-0.15, -0.1) is 0 Å². The molecule has 4 heteroatoms. The maximum atomic E-state index is 13.2. The van der Waals surface area contributed by atoms with Crippen LogP contribution >= 0.6 is 15.9 Å². The highest BCUT2D eigenvalue weighted by molar-refractivity contribution is 9.10. The van der Waals surface area contributed by atoms with E-state index in [1.54, 1.807) is 19.1 Å². The molecule has 0 fully saturated rings. The van der Waals surface area contributed by atoms with Gasteiger partial charge in [0.05, 0.1) is 6.10 Å². The molecule has 0 radical (unpaired) electrons. The molecule has 15 heavy (non-hydrogen) atoms. The summed E-state index contributed by atoms with van der Waals surface area (Å²) in [6.45, 7) is 2.91. The number of hydrogen-bond donors (Lipinski definition) is 2. The van der Waals surface area contributed by atoms with E-state index in [0.717, 1.165) is 4.47 Å². The van der Waals surface area contributed by atoms with Gasteiger partial charge in [-0.3, -0.25) is 0 Å². The van der Waals surface area contributed by atoms with Crippen LogP contribution < -0.4 is 5.32 Å². The zero-order chi connectivity index (χ0) is 11.3. The zero-order valence-electron chi connectivity index (χ0n) is 8.63. The third-order valence-electron chi connectivity index (χ3n) is 2.06. The second kappa shape index (κ2) is 6.20. The summed E-state index contributed by atoms with van der Waals surface area (Å²) in [6, 6.07) is 4.87. The molecule has 0 unspecified atom stereocenters. The molecule has 1 aromatic carbocycles. The molecule has 0 saturated heterocycles. The SMILES string of the molecule is C[C@@H](O)CCNCc1cc(Br)ccc1F. The minimum Gasteiger partial charge on any atom is -0.393 e. The summed E-state index contributed by atoms with van der Waals surface area (Å²) in [5.74, 6) is -0.206. The van der Waals surface area contributed by atoms with Crippen molar-refractivity contribution in [3.8, 4) is 0 Å². The number of aliphatic hydroxyl groups excluding tert-OH is 1. The summed E-state index contributed by atoms with van der Waals surface area (Å²) >= 11 is 3.29. The maximum Gasteiger partial charge on any atom is 0.127 e. The van der Waals surface area contributed by atoms with Crippen LogP contribution in [0.25, 0.3) is 0 Å². The molecule has 2 N–H and O–H groups in total. The van der Waals surface area contributed by atoms with Crippen LogP contribution in [-0.4, -0.2) is 17.8 Å². The van der Waals surface area contributed by atoms with Crippen LogP contribution in [0.2, 0.25) is 0 Å². The second-order valence-electron chi connectivity index (χ2n) is 3.55. The highest BCUT2D eigenvalue weighted by Crippen LogP contribution is 2.15. The molecule has 1 atom stereocenters. The predicted molar refractivity (Wildman–Crippen MR) is 62.1 cm³/mol. The van der Waals surface area contributed by atoms with E-state index in [-0.39, 0.29) is 11.9 Å². The third kappa shape index (κ3) is 4.73. The Labute approximate surface area is 97.6 Å². The lowest BCUT2D eigenvalue weighted by Crippen LogP contribution is -2.19. The molecule has 84 valence electrons. The molecule has 2 nitrogen and oxygen atoms in total. The van der Waals surface area contributed by atoms with Crippen LogP contribution in [0.5, 0.6) is 0 Å². The topological polar surface area (TPSA) is 32.3 Å². The first-order valence-corrected chi connectivity index (χ1v) is 5.71. The Morgan fingerprint density at radius 3 is 2.93 bits per heavy atom. The van der Waals surface area contributed by atoms with Gasteiger partial charge in [0.2, 0.25) is 0 Å². The highest BCUT2D eigenvalue weighted by atomic mass is 79.9. The van der Waals surface area contributed by atoms with E-state index in [4.69, 9.17) is 5.11 Å². The lowest BCUT2D eigenvalue weighted by Gasteiger charge is -2.07. The van der Waals surface area contributed by atoms with E-state index in [0.29, 0.717) is 25.1 Å². The van der Waals surface area contributed by atoms with Gasteiger partial charge >= 0.3 is 0 Å². The minimum atomic E-state index is -0.315. The fourth-order valence-electron chi connectivity index (χ4n) is 1.21. The summed E-state index contributed by atoms with van der Waals surface area (Å²) in [7, 11) is 0. The number of nitrogens with one attached hydrogen (secondary N) is 1. The van der Waals surface area contributed by atoms with Crippen LogP contribution in [0.4, 0.5) is 4.39 Å². The van der Waals surface area contributed by atoms with Crippen molar-refractivity contribution in [2.45, 2.75) is 26.0 Å². The van der Waals surface area contributed by atoms with Crippen molar-refractivity contribution in [3.05, 3.63) is 34.1 Å². The van der Waals surface area contributed by atoms with Crippen molar-refractivity contribution in [2.24, 2.45) is 0 Å². The van der Waals surface area contributed by atoms with Crippen LogP contribution in [0.1, 0.15) is 18.9 Å². The molecule has 1 aromatic rings. The van der Waals surface area contributed by atoms with E-state index in [2.05, 4.69) is 21.2 Å². The fourth-order valence-corrected chi connectivity index (χ4v) is 1.62. The van der Waals surface area contributed by atoms with Gasteiger partial charge in [0, 0.05) is 16.6 Å². The predicted octanol–water partition coefficient (Wildman–Crippen LogP) is 2.45. The van der Waals surface area contributed by atoms with Gasteiger partial charge in [0.15, 0.2) is 0 Å². The molecule has 0 aliphatic heterocycles. The smallest absolute Gasteiger partial charge is 0.127 e. The van der Waals surface area contributed by atoms with Crippen LogP contribution in [0.15, 0.2) is 22.7 Å². The summed E-state index contributed by atoms with van der Waals surface area (Å²) < 4.78 is 14.1. The number of aliphatic hydroxyl groups is 1. The lowest BCUT2D eigenvalue weighted by molar-refractivity contribution is 0.183. The molecule has 0 spiro atoms. The maximum absolute atomic E-state index is 13.2. The average molecular weight is 276 g/mol. The quantitative estimate of drug-likeness (QED) is 0.810. The first-order valence-electron chi connectivity index (χ1n) is 4.92. The Hall–Kier alpha value is -0.450. The molecule has 0 aromatic heterocycles. The summed E-state index contributed by atoms with van der Waals surface area (Å²) in [4.78, 5) is 0. The molecule has 0 amide bonds. The van der Waals surface area contributed by atoms with Crippen LogP contribution in [0.3, 0.4) is 0 Å². The van der Waals surface area contributed by atoms with Crippen molar-refractivity contribution < 1.29 is 9.50 Å². The van der Waals surface area contributed by atoms with Gasteiger partial charge in [0.25, 0.3) is 0 Å². The van der Waals surface area contributed by atoms with Gasteiger partial charge in [0.1, 0.15) is 5.82 Å². The Kier molecular flexibility index (Phi) is 5.22. The zero-order valence-corrected chi connectivity index (χ0v) is 10.2. The molecule has 0 heterocycles. The first-order chi connectivity index (χ1) is 7.09. The van der Waals surface area contributed by atoms with E-state index >= 15 is 0 Å². The van der Waals surface area contributed by atoms with Crippen LogP contribution in [0, 0.1) is 5.82 Å². The van der Waals surface area contributed by atoms with E-state index in [1.807, 2.05) is 0 Å². The Morgan fingerprint density at radius 2 is 2.27 bits per heavy atom. The fraction of sp³-hybridized carbons (Fsp3) is 0.455. The standard InChI is InChI=1S/C11H15BrFNO/c1-8(15)4-5-14-7-9-6-10(12)2-3-11(9)13/h2-3,6,8,14-15H,4-5,7H2,1H3/t8-/m1/s1. The average Bonchev–Trinajstić information content (AvgIpc) is 2.17. The molecular weight excluding hydrogens is 261 g/mol. The van der Waals surface area contributed by atoms with Gasteiger partial charge in [-0.1, -0.05) is 15.9 Å². The Morgan fingerprint density at radius 1 is 1.53 bits per heavy atom. The normalized spacial score (nSPS) is 12.8. The summed E-state index contributed by atoms with van der Waals surface area (Å²) in [5, 5.41) is 12.1. The van der Waals surface area contributed by atoms with Crippen molar-refractivity contribution in [3.63, 3.8) is 0 Å². The Bertz CT molecular complexity index is 317. The molecule has 1 rings (SSSR count).